The number of hydrogen-bond donors (Lipinski definition) is 0. The van der Waals surface area contributed by atoms with Crippen molar-refractivity contribution in [3.8, 4) is 111 Å². The molecule has 0 spiro atoms. The molecular formula is C61H46N14O3S7. The monoisotopic (exact) mass is 1250 g/mol. The van der Waals surface area contributed by atoms with Gasteiger partial charge in [0.2, 0.25) is 5.82 Å². The van der Waals surface area contributed by atoms with Gasteiger partial charge in [0.25, 0.3) is 11.6 Å². The van der Waals surface area contributed by atoms with E-state index in [0.29, 0.717) is 17.3 Å². The van der Waals surface area contributed by atoms with E-state index in [1.54, 1.807) is 46.1 Å². The highest BCUT2D eigenvalue weighted by molar-refractivity contribution is 7.14. The number of nitro benzene ring substituents is 1. The third-order valence-corrected chi connectivity index (χ3v) is 17.5. The molecule has 8 aromatic heterocycles. The highest BCUT2D eigenvalue weighted by Crippen LogP contribution is 2.34. The van der Waals surface area contributed by atoms with Gasteiger partial charge in [-0.3, -0.25) is 10.1 Å². The van der Waals surface area contributed by atoms with Gasteiger partial charge in [0.1, 0.15) is 37.8 Å². The molecule has 0 aliphatic heterocycles. The van der Waals surface area contributed by atoms with Crippen LogP contribution in [0, 0.1) is 24.0 Å². The number of aromatic nitrogens is 13. The third-order valence-electron chi connectivity index (χ3n) is 12.7. The van der Waals surface area contributed by atoms with Crippen molar-refractivity contribution in [2.24, 2.45) is 0 Å². The van der Waals surface area contributed by atoms with E-state index in [1.165, 1.54) is 63.8 Å². The lowest BCUT2D eigenvalue weighted by atomic mass is 9.93. The lowest BCUT2D eigenvalue weighted by molar-refractivity contribution is -0.384. The summed E-state index contributed by atoms with van der Waals surface area (Å²) in [5.74, 6) is 0.744. The molecule has 0 radical (unpaired) electrons. The smallest absolute Gasteiger partial charge is 0.269 e. The van der Waals surface area contributed by atoms with Gasteiger partial charge in [-0.05, 0) is 72.1 Å². The van der Waals surface area contributed by atoms with Gasteiger partial charge < -0.3 is 4.52 Å². The quantitative estimate of drug-likeness (QED) is 0.0867. The molecule has 0 fully saturated rings. The summed E-state index contributed by atoms with van der Waals surface area (Å²) in [4.78, 5) is 28.6. The molecule has 0 aliphatic rings. The number of benzene rings is 6. The molecule has 0 bridgehead atoms. The molecule has 6 aromatic carbocycles. The number of rotatable bonds is 11. The van der Waals surface area contributed by atoms with Crippen LogP contribution in [0.1, 0.15) is 37.7 Å². The number of nitrogens with zero attached hydrogens (tertiary/aromatic N) is 14. The Hall–Kier alpha value is -9.01. The van der Waals surface area contributed by atoms with Crippen LogP contribution in [0.2, 0.25) is 0 Å². The molecule has 0 atom stereocenters. The normalized spacial score (nSPS) is 11.0. The Kier molecular flexibility index (Phi) is 18.2. The summed E-state index contributed by atoms with van der Waals surface area (Å²) < 4.78 is 20.8. The maximum atomic E-state index is 10.7. The van der Waals surface area contributed by atoms with Crippen LogP contribution in [0.5, 0.6) is 0 Å². The van der Waals surface area contributed by atoms with E-state index in [-0.39, 0.29) is 11.1 Å². The van der Waals surface area contributed by atoms with Crippen LogP contribution in [0.3, 0.4) is 0 Å². The molecule has 14 rings (SSSR count). The number of aryl methyl sites for hydroxylation is 2. The fraction of sp³-hybridized carbons (Fsp3) is 0.0984. The minimum atomic E-state index is -0.456. The van der Waals surface area contributed by atoms with E-state index in [1.807, 2.05) is 52.7 Å². The average molecular weight is 1250 g/mol. The zero-order valence-corrected chi connectivity index (χ0v) is 51.5. The number of thiazole rings is 3. The van der Waals surface area contributed by atoms with Crippen LogP contribution in [0.25, 0.3) is 111 Å². The summed E-state index contributed by atoms with van der Waals surface area (Å²) in [5.41, 5.74) is 18.4. The van der Waals surface area contributed by atoms with E-state index in [2.05, 4.69) is 194 Å². The van der Waals surface area contributed by atoms with Gasteiger partial charge in [-0.15, -0.1) is 54.4 Å². The minimum absolute atomic E-state index is 0.00982. The van der Waals surface area contributed by atoms with Gasteiger partial charge in [-0.25, -0.2) is 15.0 Å². The highest BCUT2D eigenvalue weighted by atomic mass is 32.1. The fourth-order valence-corrected chi connectivity index (χ4v) is 12.5. The molecule has 24 heteroatoms. The summed E-state index contributed by atoms with van der Waals surface area (Å²) in [5, 5.41) is 48.1. The molecule has 0 saturated carbocycles. The first-order valence-electron chi connectivity index (χ1n) is 25.9. The predicted octanol–water partition coefficient (Wildman–Crippen LogP) is 17.4. The van der Waals surface area contributed by atoms with E-state index in [0.717, 1.165) is 105 Å². The van der Waals surface area contributed by atoms with E-state index in [9.17, 15) is 10.1 Å². The van der Waals surface area contributed by atoms with Crippen LogP contribution < -0.4 is 0 Å². The van der Waals surface area contributed by atoms with Crippen LogP contribution >= 0.6 is 80.1 Å². The molecule has 0 N–H and O–H groups in total. The second kappa shape index (κ2) is 26.7. The van der Waals surface area contributed by atoms with Crippen molar-refractivity contribution < 1.29 is 9.45 Å². The SMILES string of the molecule is CC(C)(C)c1csc(-c2ccc(-c3csnn3)cc2)n1.Cc1ccc(-c2csc(-c3ccc(-c4csnn4)cc3)n2)cc1.Cc1csc(-c2ccc(-c3csnn3)cc2)n1.O=[N+]([O-])c1ccc(-c2nc(-c3ccc(-c4csnn4)cc3)no2)cc1. The molecule has 85 heavy (non-hydrogen) atoms. The zero-order chi connectivity index (χ0) is 58.7. The average Bonchev–Trinajstić information content (AvgIpc) is 4.29. The Labute approximate surface area is 516 Å². The van der Waals surface area contributed by atoms with Crippen LogP contribution in [0.4, 0.5) is 5.69 Å². The van der Waals surface area contributed by atoms with Crippen molar-refractivity contribution in [2.75, 3.05) is 0 Å². The molecule has 17 nitrogen and oxygen atoms in total. The maximum absolute atomic E-state index is 10.7. The molecule has 0 saturated heterocycles. The first-order chi connectivity index (χ1) is 41.4. The van der Waals surface area contributed by atoms with Gasteiger partial charge in [0, 0.05) is 117 Å². The number of hydrogen-bond acceptors (Lipinski definition) is 23. The van der Waals surface area contributed by atoms with Crippen molar-refractivity contribution in [1.82, 2.24) is 63.4 Å². The molecule has 0 aliphatic carbocycles. The molecule has 14 aromatic rings. The Morgan fingerprint density at radius 2 is 0.776 bits per heavy atom. The lowest BCUT2D eigenvalue weighted by Gasteiger charge is -2.14. The Morgan fingerprint density at radius 3 is 1.18 bits per heavy atom. The van der Waals surface area contributed by atoms with E-state index < -0.39 is 4.92 Å². The van der Waals surface area contributed by atoms with Crippen LogP contribution in [0.15, 0.2) is 188 Å². The first-order valence-corrected chi connectivity index (χ1v) is 31.9. The lowest BCUT2D eigenvalue weighted by Crippen LogP contribution is -2.11. The van der Waals surface area contributed by atoms with Crippen LogP contribution in [-0.4, -0.2) is 68.4 Å². The topological polar surface area (TPSA) is 224 Å². The Bertz CT molecular complexity index is 4350. The predicted molar refractivity (Wildman–Crippen MR) is 344 cm³/mol. The van der Waals surface area contributed by atoms with Crippen molar-refractivity contribution in [3.05, 3.63) is 210 Å². The summed E-state index contributed by atoms with van der Waals surface area (Å²) in [6, 6.07) is 46.9. The highest BCUT2D eigenvalue weighted by Gasteiger charge is 2.19. The van der Waals surface area contributed by atoms with Gasteiger partial charge in [-0.1, -0.05) is 171 Å². The largest absolute Gasteiger partial charge is 0.334 e. The first kappa shape index (κ1) is 57.8. The van der Waals surface area contributed by atoms with Crippen molar-refractivity contribution in [1.29, 1.82) is 0 Å². The van der Waals surface area contributed by atoms with Gasteiger partial charge in [0.15, 0.2) is 0 Å². The second-order valence-electron chi connectivity index (χ2n) is 19.7. The standard InChI is InChI=1S/C18H13N3S2.C16H9N5O3S.C15H15N3S2.C12H9N3S2/c1-12-2-4-13(5-3-12)16-10-22-18(19-16)15-8-6-14(7-9-15)17-11-23-21-20-17;22-21(23)13-7-5-12(6-8-13)16-17-15(19-24-16)11-3-1-10(2-4-11)14-9-25-20-18-14;1-15(2,3)13-9-19-14(16-13)11-6-4-10(5-7-11)12-8-20-18-17-12;1-8-6-16-12(13-8)10-4-2-9(3-5-10)11-7-17-15-14-11/h2-11H,1H3;1-9H;4-9H,1-3H3;2-7H,1H3. The molecular weight excluding hydrogens is 1200 g/mol. The maximum Gasteiger partial charge on any atom is 0.269 e. The fourth-order valence-electron chi connectivity index (χ4n) is 7.99. The van der Waals surface area contributed by atoms with Crippen molar-refractivity contribution in [2.45, 2.75) is 40.0 Å². The van der Waals surface area contributed by atoms with Crippen molar-refractivity contribution in [3.63, 3.8) is 0 Å². The summed E-state index contributed by atoms with van der Waals surface area (Å²) in [6.45, 7) is 10.7. The Morgan fingerprint density at radius 1 is 0.400 bits per heavy atom. The van der Waals surface area contributed by atoms with E-state index in [4.69, 9.17) is 14.5 Å². The minimum Gasteiger partial charge on any atom is -0.334 e. The van der Waals surface area contributed by atoms with Crippen LogP contribution in [-0.2, 0) is 5.41 Å². The van der Waals surface area contributed by atoms with Gasteiger partial charge >= 0.3 is 0 Å². The number of non-ortho nitro benzene ring substituents is 1. The molecule has 8 heterocycles. The molecule has 0 amide bonds. The molecule has 420 valence electrons. The Balaban J connectivity index is 0.000000119. The van der Waals surface area contributed by atoms with Gasteiger partial charge in [0.05, 0.1) is 16.3 Å². The number of nitro groups is 1. The third kappa shape index (κ3) is 14.7. The summed E-state index contributed by atoms with van der Waals surface area (Å²) in [7, 11) is 0. The van der Waals surface area contributed by atoms with Crippen molar-refractivity contribution >= 4 is 85.8 Å². The summed E-state index contributed by atoms with van der Waals surface area (Å²) >= 11 is 10.4. The van der Waals surface area contributed by atoms with Gasteiger partial charge in [-0.2, -0.15) is 4.98 Å². The van der Waals surface area contributed by atoms with E-state index >= 15 is 0 Å². The molecule has 0 unspecified atom stereocenters. The second-order valence-corrected chi connectivity index (χ2v) is 24.7. The zero-order valence-electron chi connectivity index (χ0n) is 45.7. The summed E-state index contributed by atoms with van der Waals surface area (Å²) in [6.07, 6.45) is 0.